The van der Waals surface area contributed by atoms with Crippen molar-refractivity contribution in [1.82, 2.24) is 4.98 Å². The summed E-state index contributed by atoms with van der Waals surface area (Å²) >= 11 is 0. The second-order valence-corrected chi connectivity index (χ2v) is 7.03. The fraction of sp³-hybridized carbons (Fsp3) is 0.125. The van der Waals surface area contributed by atoms with Crippen LogP contribution in [0.1, 0.15) is 25.3 Å². The van der Waals surface area contributed by atoms with E-state index in [9.17, 15) is 0 Å². The molecule has 1 aromatic heterocycles. The van der Waals surface area contributed by atoms with E-state index in [-0.39, 0.29) is 0 Å². The third-order valence-electron chi connectivity index (χ3n) is 5.27. The Balaban J connectivity index is 2.05. The van der Waals surface area contributed by atoms with Crippen molar-refractivity contribution in [2.45, 2.75) is 19.8 Å². The van der Waals surface area contributed by atoms with Crippen LogP contribution in [0.25, 0.3) is 44.3 Å². The Labute approximate surface area is 148 Å². The average molecular weight is 321 g/mol. The van der Waals surface area contributed by atoms with Crippen molar-refractivity contribution in [2.24, 2.45) is 0 Å². The molecule has 1 aliphatic rings. The molecule has 0 spiro atoms. The predicted octanol–water partition coefficient (Wildman–Crippen LogP) is 6.67. The van der Waals surface area contributed by atoms with Crippen molar-refractivity contribution >= 4 is 10.8 Å². The Hall–Kier alpha value is -2.93. The second-order valence-electron chi connectivity index (χ2n) is 7.03. The Bertz CT molecular complexity index is 1070. The highest BCUT2D eigenvalue weighted by molar-refractivity contribution is 6.12. The van der Waals surface area contributed by atoms with Gasteiger partial charge in [0.1, 0.15) is 0 Å². The molecule has 1 heterocycles. The number of aromatic nitrogens is 1. The van der Waals surface area contributed by atoms with Gasteiger partial charge in [-0.1, -0.05) is 74.5 Å². The molecule has 5 rings (SSSR count). The van der Waals surface area contributed by atoms with Gasteiger partial charge in [-0.15, -0.1) is 0 Å². The van der Waals surface area contributed by atoms with Gasteiger partial charge in [-0.05, 0) is 45.2 Å². The van der Waals surface area contributed by atoms with Crippen LogP contribution < -0.4 is 0 Å². The molecule has 0 unspecified atom stereocenters. The zero-order chi connectivity index (χ0) is 17.0. The molecule has 1 heteroatoms. The number of rotatable bonds is 1. The van der Waals surface area contributed by atoms with E-state index in [2.05, 4.69) is 80.6 Å². The van der Waals surface area contributed by atoms with Gasteiger partial charge in [0.25, 0.3) is 0 Å². The topological polar surface area (TPSA) is 12.9 Å². The van der Waals surface area contributed by atoms with Crippen LogP contribution in [0.5, 0.6) is 0 Å². The normalized spacial score (nSPS) is 12.0. The van der Waals surface area contributed by atoms with Crippen molar-refractivity contribution in [3.05, 3.63) is 78.5 Å². The maximum absolute atomic E-state index is 4.82. The maximum Gasteiger partial charge on any atom is 0.0792 e. The van der Waals surface area contributed by atoms with Crippen molar-refractivity contribution in [2.75, 3.05) is 0 Å². The number of hydrogen-bond acceptors (Lipinski definition) is 1. The molecule has 0 bridgehead atoms. The van der Waals surface area contributed by atoms with Crippen LogP contribution in [-0.4, -0.2) is 4.98 Å². The van der Waals surface area contributed by atoms with E-state index in [0.717, 1.165) is 5.69 Å². The molecule has 0 radical (unpaired) electrons. The monoisotopic (exact) mass is 321 g/mol. The van der Waals surface area contributed by atoms with Crippen LogP contribution in [0.2, 0.25) is 0 Å². The van der Waals surface area contributed by atoms with Crippen molar-refractivity contribution < 1.29 is 0 Å². The highest BCUT2D eigenvalue weighted by Crippen LogP contribution is 2.47. The summed E-state index contributed by atoms with van der Waals surface area (Å²) in [5.41, 5.74) is 8.84. The zero-order valence-electron chi connectivity index (χ0n) is 14.5. The minimum absolute atomic E-state index is 0.484. The summed E-state index contributed by atoms with van der Waals surface area (Å²) in [5.74, 6) is 0.484. The Morgan fingerprint density at radius 2 is 1.24 bits per heavy atom. The molecule has 0 saturated carbocycles. The van der Waals surface area contributed by atoms with E-state index < -0.39 is 0 Å². The van der Waals surface area contributed by atoms with Gasteiger partial charge in [-0.2, -0.15) is 0 Å². The maximum atomic E-state index is 4.82. The summed E-state index contributed by atoms with van der Waals surface area (Å²) in [6.45, 7) is 4.52. The number of nitrogens with zero attached hydrogens (tertiary/aromatic N) is 1. The minimum Gasteiger partial charge on any atom is -0.256 e. The van der Waals surface area contributed by atoms with Gasteiger partial charge in [0, 0.05) is 17.1 Å². The van der Waals surface area contributed by atoms with Gasteiger partial charge in [0.15, 0.2) is 0 Å². The molecular weight excluding hydrogens is 302 g/mol. The Morgan fingerprint density at radius 1 is 0.640 bits per heavy atom. The number of fused-ring (bicyclic) bond motifs is 5. The van der Waals surface area contributed by atoms with E-state index in [0.29, 0.717) is 5.92 Å². The van der Waals surface area contributed by atoms with E-state index in [1.807, 2.05) is 6.20 Å². The molecule has 0 N–H and O–H groups in total. The molecule has 0 amide bonds. The highest BCUT2D eigenvalue weighted by Gasteiger charge is 2.22. The molecule has 0 fully saturated rings. The first-order chi connectivity index (χ1) is 12.3. The number of pyridine rings is 1. The quantitative estimate of drug-likeness (QED) is 0.336. The first-order valence-corrected chi connectivity index (χ1v) is 8.86. The fourth-order valence-electron chi connectivity index (χ4n) is 4.13. The van der Waals surface area contributed by atoms with Gasteiger partial charge in [-0.3, -0.25) is 4.98 Å². The van der Waals surface area contributed by atoms with Gasteiger partial charge in [-0.25, -0.2) is 0 Å². The summed E-state index contributed by atoms with van der Waals surface area (Å²) in [7, 11) is 0. The fourth-order valence-corrected chi connectivity index (χ4v) is 4.13. The van der Waals surface area contributed by atoms with Gasteiger partial charge in [0.05, 0.1) is 5.69 Å². The van der Waals surface area contributed by atoms with Gasteiger partial charge < -0.3 is 0 Å². The predicted molar refractivity (Wildman–Crippen MR) is 106 cm³/mol. The molecule has 1 nitrogen and oxygen atoms in total. The van der Waals surface area contributed by atoms with E-state index in [1.165, 1.54) is 44.2 Å². The van der Waals surface area contributed by atoms with E-state index >= 15 is 0 Å². The van der Waals surface area contributed by atoms with Crippen molar-refractivity contribution in [3.8, 4) is 33.5 Å². The van der Waals surface area contributed by atoms with E-state index in [1.54, 1.807) is 0 Å². The first kappa shape index (κ1) is 14.4. The third-order valence-corrected chi connectivity index (χ3v) is 5.27. The van der Waals surface area contributed by atoms with Crippen LogP contribution in [0.15, 0.2) is 72.9 Å². The number of benzene rings is 3. The Morgan fingerprint density at radius 3 is 1.92 bits per heavy atom. The smallest absolute Gasteiger partial charge is 0.0792 e. The number of hydrogen-bond donors (Lipinski definition) is 0. The molecule has 1 aliphatic carbocycles. The van der Waals surface area contributed by atoms with Gasteiger partial charge >= 0.3 is 0 Å². The van der Waals surface area contributed by atoms with Crippen LogP contribution >= 0.6 is 0 Å². The SMILES string of the molecule is CC(C)c1ccc2c3c(nccc13)-c1ccccc1-c1ccccc1-2. The average Bonchev–Trinajstić information content (AvgIpc) is 2.77. The molecule has 25 heavy (non-hydrogen) atoms. The largest absolute Gasteiger partial charge is 0.256 e. The van der Waals surface area contributed by atoms with Crippen molar-refractivity contribution in [1.29, 1.82) is 0 Å². The zero-order valence-corrected chi connectivity index (χ0v) is 14.5. The standard InChI is InChI=1S/C24H19N/c1-15(2)16-11-12-20-18-8-4-3-7-17(18)19-9-5-6-10-22(19)24-23(20)21(16)13-14-25-24/h3-15H,1-2H3. The van der Waals surface area contributed by atoms with Crippen LogP contribution in [-0.2, 0) is 0 Å². The van der Waals surface area contributed by atoms with Gasteiger partial charge in [0.2, 0.25) is 0 Å². The molecular formula is C24H19N. The summed E-state index contributed by atoms with van der Waals surface area (Å²) < 4.78 is 0. The third kappa shape index (κ3) is 1.99. The summed E-state index contributed by atoms with van der Waals surface area (Å²) in [6.07, 6.45) is 1.96. The van der Waals surface area contributed by atoms with Crippen LogP contribution in [0, 0.1) is 0 Å². The lowest BCUT2D eigenvalue weighted by molar-refractivity contribution is 0.876. The highest BCUT2D eigenvalue weighted by atomic mass is 14.7. The molecule has 0 atom stereocenters. The van der Waals surface area contributed by atoms with E-state index in [4.69, 9.17) is 4.98 Å². The summed E-state index contributed by atoms with van der Waals surface area (Å²) in [5, 5.41) is 2.61. The Kier molecular flexibility index (Phi) is 3.05. The van der Waals surface area contributed by atoms with Crippen LogP contribution in [0.3, 0.4) is 0 Å². The van der Waals surface area contributed by atoms with Crippen LogP contribution in [0.4, 0.5) is 0 Å². The molecule has 3 aromatic carbocycles. The van der Waals surface area contributed by atoms with Crippen molar-refractivity contribution in [3.63, 3.8) is 0 Å². The lowest BCUT2D eigenvalue weighted by atomic mass is 9.90. The molecule has 120 valence electrons. The molecule has 0 aliphatic heterocycles. The molecule has 4 aromatic rings. The summed E-state index contributed by atoms with van der Waals surface area (Å²) in [4.78, 5) is 4.82. The summed E-state index contributed by atoms with van der Waals surface area (Å²) in [6, 6.07) is 24.1. The molecule has 0 saturated heterocycles. The first-order valence-electron chi connectivity index (χ1n) is 8.86. The minimum atomic E-state index is 0.484. The second kappa shape index (κ2) is 5.29. The lowest BCUT2D eigenvalue weighted by Gasteiger charge is -2.15. The lowest BCUT2D eigenvalue weighted by Crippen LogP contribution is -1.94.